The lowest BCUT2D eigenvalue weighted by Crippen LogP contribution is -3.15. The Morgan fingerprint density at radius 1 is 1.24 bits per heavy atom. The molecule has 2 aliphatic rings. The number of carbonyl (C=O) groups is 2. The summed E-state index contributed by atoms with van der Waals surface area (Å²) in [7, 11) is 0. The second-order valence-corrected chi connectivity index (χ2v) is 9.71. The zero-order valence-electron chi connectivity index (χ0n) is 18.1. The molecule has 0 saturated carbocycles. The molecule has 3 rings (SSSR count). The van der Waals surface area contributed by atoms with Crippen LogP contribution in [0.15, 0.2) is 24.3 Å². The van der Waals surface area contributed by atoms with E-state index in [1.54, 1.807) is 11.8 Å². The van der Waals surface area contributed by atoms with Gasteiger partial charge >= 0.3 is 6.03 Å². The molecule has 6 nitrogen and oxygen atoms in total. The number of thioether (sulfide) groups is 1. The molecule has 2 saturated heterocycles. The summed E-state index contributed by atoms with van der Waals surface area (Å²) in [5.74, 6) is 0.275. The van der Waals surface area contributed by atoms with E-state index in [4.69, 9.17) is 0 Å². The summed E-state index contributed by atoms with van der Waals surface area (Å²) in [5.41, 5.74) is 2.46. The summed E-state index contributed by atoms with van der Waals surface area (Å²) in [4.78, 5) is 30.6. The zero-order valence-corrected chi connectivity index (χ0v) is 18.9. The van der Waals surface area contributed by atoms with Crippen LogP contribution >= 0.6 is 11.8 Å². The average Bonchev–Trinajstić information content (AvgIpc) is 3.02. The number of hydrogen-bond acceptors (Lipinski definition) is 3. The van der Waals surface area contributed by atoms with Crippen LogP contribution in [0.2, 0.25) is 0 Å². The van der Waals surface area contributed by atoms with Crippen molar-refractivity contribution in [2.75, 3.05) is 39.3 Å². The van der Waals surface area contributed by atoms with E-state index in [0.717, 1.165) is 45.7 Å². The number of carbonyl (C=O) groups excluding carboxylic acids is 2. The highest BCUT2D eigenvalue weighted by molar-refractivity contribution is 8.01. The molecule has 2 fully saturated rings. The van der Waals surface area contributed by atoms with Crippen LogP contribution < -0.4 is 10.2 Å². The summed E-state index contributed by atoms with van der Waals surface area (Å²) in [6.07, 6.45) is 0.874. The van der Waals surface area contributed by atoms with Gasteiger partial charge < -0.3 is 20.0 Å². The maximum atomic E-state index is 12.9. The third-order valence-electron chi connectivity index (χ3n) is 5.74. The Morgan fingerprint density at radius 2 is 1.90 bits per heavy atom. The number of piperazine rings is 1. The van der Waals surface area contributed by atoms with E-state index in [1.165, 1.54) is 16.0 Å². The van der Waals surface area contributed by atoms with Gasteiger partial charge in [0.05, 0.1) is 44.5 Å². The fourth-order valence-corrected chi connectivity index (χ4v) is 5.39. The van der Waals surface area contributed by atoms with E-state index in [0.29, 0.717) is 0 Å². The Hall–Kier alpha value is -1.73. The number of amides is 3. The van der Waals surface area contributed by atoms with Gasteiger partial charge in [-0.25, -0.2) is 4.79 Å². The van der Waals surface area contributed by atoms with Crippen molar-refractivity contribution in [3.05, 3.63) is 35.4 Å². The number of nitrogens with zero attached hydrogens (tertiary/aromatic N) is 2. The van der Waals surface area contributed by atoms with Crippen LogP contribution in [-0.2, 0) is 4.79 Å². The molecule has 0 spiro atoms. The molecule has 0 radical (unpaired) electrons. The normalized spacial score (nSPS) is 23.1. The Kier molecular flexibility index (Phi) is 7.46. The molecule has 2 heterocycles. The lowest BCUT2D eigenvalue weighted by atomic mass is 10.1. The number of benzene rings is 1. The van der Waals surface area contributed by atoms with Gasteiger partial charge in [0, 0.05) is 6.04 Å². The average molecular weight is 420 g/mol. The van der Waals surface area contributed by atoms with E-state index in [2.05, 4.69) is 48.3 Å². The van der Waals surface area contributed by atoms with Crippen molar-refractivity contribution in [2.24, 2.45) is 0 Å². The molecule has 0 aromatic heterocycles. The van der Waals surface area contributed by atoms with Gasteiger partial charge in [-0.2, -0.15) is 0 Å². The monoisotopic (exact) mass is 419 g/mol. The predicted octanol–water partition coefficient (Wildman–Crippen LogP) is 1.67. The maximum absolute atomic E-state index is 12.9. The van der Waals surface area contributed by atoms with E-state index in [1.807, 2.05) is 18.7 Å². The Balaban J connectivity index is 1.56. The van der Waals surface area contributed by atoms with Gasteiger partial charge in [-0.3, -0.25) is 4.79 Å². The molecule has 2 atom stereocenters. The van der Waals surface area contributed by atoms with Crippen LogP contribution in [0.1, 0.15) is 43.7 Å². The van der Waals surface area contributed by atoms with E-state index < -0.39 is 0 Å². The van der Waals surface area contributed by atoms with Gasteiger partial charge in [0.1, 0.15) is 5.37 Å². The predicted molar refractivity (Wildman–Crippen MR) is 118 cm³/mol. The minimum absolute atomic E-state index is 0.0374. The minimum atomic E-state index is 0.0374. The molecule has 1 aromatic rings. The standard InChI is InChI=1S/C22H34N4O2S/c1-5-19-20(27)26(21(29-19)18-8-6-17(4)7-9-18)15-12-24-10-13-25(14-11-24)22(28)23-16(2)3/h6-9,16,19,21H,5,10-15H2,1-4H3,(H,23,28)/p+1/t19-,21+/m0/s1. The van der Waals surface area contributed by atoms with Crippen molar-refractivity contribution < 1.29 is 14.5 Å². The van der Waals surface area contributed by atoms with Gasteiger partial charge in [0.15, 0.2) is 0 Å². The highest BCUT2D eigenvalue weighted by Gasteiger charge is 2.40. The smallest absolute Gasteiger partial charge is 0.318 e. The summed E-state index contributed by atoms with van der Waals surface area (Å²) in [6, 6.07) is 8.77. The molecule has 2 aliphatic heterocycles. The van der Waals surface area contributed by atoms with Crippen LogP contribution in [0.3, 0.4) is 0 Å². The molecular formula is C22H35N4O2S+. The number of hydrogen-bond donors (Lipinski definition) is 2. The second-order valence-electron chi connectivity index (χ2n) is 8.42. The minimum Gasteiger partial charge on any atom is -0.336 e. The first-order valence-corrected chi connectivity index (χ1v) is 11.7. The van der Waals surface area contributed by atoms with E-state index >= 15 is 0 Å². The van der Waals surface area contributed by atoms with Crippen molar-refractivity contribution in [2.45, 2.75) is 50.8 Å². The number of urea groups is 1. The second kappa shape index (κ2) is 9.85. The van der Waals surface area contributed by atoms with Crippen molar-refractivity contribution >= 4 is 23.7 Å². The largest absolute Gasteiger partial charge is 0.336 e. The van der Waals surface area contributed by atoms with Crippen LogP contribution in [0.5, 0.6) is 0 Å². The van der Waals surface area contributed by atoms with Gasteiger partial charge in [0.2, 0.25) is 5.91 Å². The molecule has 29 heavy (non-hydrogen) atoms. The van der Waals surface area contributed by atoms with Crippen molar-refractivity contribution in [1.82, 2.24) is 15.1 Å². The van der Waals surface area contributed by atoms with Crippen molar-refractivity contribution in [1.29, 1.82) is 0 Å². The summed E-state index contributed by atoms with van der Waals surface area (Å²) in [6.45, 7) is 13.3. The van der Waals surface area contributed by atoms with Crippen LogP contribution in [0.25, 0.3) is 0 Å². The number of rotatable bonds is 6. The lowest BCUT2D eigenvalue weighted by molar-refractivity contribution is -0.903. The summed E-state index contributed by atoms with van der Waals surface area (Å²) < 4.78 is 0. The van der Waals surface area contributed by atoms with Crippen molar-refractivity contribution in [3.63, 3.8) is 0 Å². The first-order chi connectivity index (χ1) is 13.9. The number of nitrogens with one attached hydrogen (secondary N) is 2. The maximum Gasteiger partial charge on any atom is 0.318 e. The Labute approximate surface area is 179 Å². The molecule has 160 valence electrons. The molecule has 0 aliphatic carbocycles. The van der Waals surface area contributed by atoms with Gasteiger partial charge in [-0.15, -0.1) is 11.8 Å². The van der Waals surface area contributed by atoms with E-state index in [-0.39, 0.29) is 28.6 Å². The Morgan fingerprint density at radius 3 is 2.48 bits per heavy atom. The number of aryl methyl sites for hydroxylation is 1. The SMILES string of the molecule is CC[C@@H]1S[C@H](c2ccc(C)cc2)N(CC[NH+]2CCN(C(=O)NC(C)C)CC2)C1=O. The number of quaternary nitrogens is 1. The lowest BCUT2D eigenvalue weighted by Gasteiger charge is -2.34. The van der Waals surface area contributed by atoms with E-state index in [9.17, 15) is 9.59 Å². The van der Waals surface area contributed by atoms with Gasteiger partial charge in [-0.1, -0.05) is 36.8 Å². The fourth-order valence-electron chi connectivity index (χ4n) is 3.97. The van der Waals surface area contributed by atoms with Crippen LogP contribution in [0.4, 0.5) is 4.79 Å². The molecule has 1 aromatic carbocycles. The van der Waals surface area contributed by atoms with Gasteiger partial charge in [0.25, 0.3) is 0 Å². The summed E-state index contributed by atoms with van der Waals surface area (Å²) in [5, 5.41) is 3.15. The van der Waals surface area contributed by atoms with Crippen LogP contribution in [-0.4, -0.2) is 72.3 Å². The topological polar surface area (TPSA) is 57.1 Å². The first kappa shape index (κ1) is 22.0. The zero-order chi connectivity index (χ0) is 21.0. The molecular weight excluding hydrogens is 384 g/mol. The first-order valence-electron chi connectivity index (χ1n) is 10.8. The van der Waals surface area contributed by atoms with Gasteiger partial charge in [-0.05, 0) is 32.8 Å². The fraction of sp³-hybridized carbons (Fsp3) is 0.636. The molecule has 0 unspecified atom stereocenters. The van der Waals surface area contributed by atoms with Crippen molar-refractivity contribution in [3.8, 4) is 0 Å². The molecule has 0 bridgehead atoms. The highest BCUT2D eigenvalue weighted by Crippen LogP contribution is 2.43. The third kappa shape index (κ3) is 5.45. The molecule has 7 heteroatoms. The highest BCUT2D eigenvalue weighted by atomic mass is 32.2. The Bertz CT molecular complexity index is 701. The quantitative estimate of drug-likeness (QED) is 0.738. The molecule has 2 N–H and O–H groups in total. The third-order valence-corrected chi connectivity index (χ3v) is 7.39. The van der Waals surface area contributed by atoms with Crippen LogP contribution in [0, 0.1) is 6.92 Å². The molecule has 3 amide bonds. The summed E-state index contributed by atoms with van der Waals surface area (Å²) >= 11 is 1.79.